The third-order valence-electron chi connectivity index (χ3n) is 4.95. The molecule has 0 bridgehead atoms. The molecule has 0 saturated carbocycles. The molecule has 2 N–H and O–H groups in total. The molecule has 0 aromatic heterocycles. The van der Waals surface area contributed by atoms with Gasteiger partial charge in [-0.2, -0.15) is 0 Å². The van der Waals surface area contributed by atoms with Gasteiger partial charge in [-0.1, -0.05) is 29.8 Å². The molecule has 2 fully saturated rings. The Morgan fingerprint density at radius 3 is 2.76 bits per heavy atom. The van der Waals surface area contributed by atoms with E-state index in [1.54, 1.807) is 0 Å². The van der Waals surface area contributed by atoms with E-state index in [1.165, 1.54) is 0 Å². The highest BCUT2D eigenvalue weighted by Crippen LogP contribution is 2.38. The van der Waals surface area contributed by atoms with Crippen LogP contribution in [0.4, 0.5) is 0 Å². The van der Waals surface area contributed by atoms with E-state index in [-0.39, 0.29) is 11.6 Å². The van der Waals surface area contributed by atoms with E-state index in [2.05, 4.69) is 6.07 Å². The lowest BCUT2D eigenvalue weighted by Gasteiger charge is -2.44. The van der Waals surface area contributed by atoms with Crippen molar-refractivity contribution in [3.05, 3.63) is 34.9 Å². The molecule has 2 unspecified atom stereocenters. The van der Waals surface area contributed by atoms with Crippen LogP contribution in [0.15, 0.2) is 24.3 Å². The van der Waals surface area contributed by atoms with Gasteiger partial charge in [0.1, 0.15) is 0 Å². The summed E-state index contributed by atoms with van der Waals surface area (Å²) in [5, 5.41) is 0.820. The van der Waals surface area contributed by atoms with Crippen LogP contribution in [0.3, 0.4) is 0 Å². The van der Waals surface area contributed by atoms with Crippen molar-refractivity contribution < 1.29 is 9.47 Å². The van der Waals surface area contributed by atoms with Gasteiger partial charge in [0, 0.05) is 30.9 Å². The van der Waals surface area contributed by atoms with Crippen LogP contribution in [0.25, 0.3) is 0 Å². The second-order valence-electron chi connectivity index (χ2n) is 6.36. The van der Waals surface area contributed by atoms with Crippen molar-refractivity contribution in [2.75, 3.05) is 19.8 Å². The van der Waals surface area contributed by atoms with Gasteiger partial charge in [0.2, 0.25) is 0 Å². The van der Waals surface area contributed by atoms with Crippen LogP contribution in [0.1, 0.15) is 31.2 Å². The lowest BCUT2D eigenvalue weighted by atomic mass is 9.77. The Labute approximate surface area is 131 Å². The number of ether oxygens (including phenoxy) is 2. The maximum absolute atomic E-state index is 6.49. The van der Waals surface area contributed by atoms with Gasteiger partial charge in [0.25, 0.3) is 0 Å². The van der Waals surface area contributed by atoms with Gasteiger partial charge in [-0.15, -0.1) is 0 Å². The SMILES string of the molecule is NC(Cc1ccccc1Cl)C1CCOC2(CCOCC2)C1. The smallest absolute Gasteiger partial charge is 0.0729 e. The van der Waals surface area contributed by atoms with Crippen molar-refractivity contribution in [2.45, 2.75) is 43.7 Å². The first-order valence-electron chi connectivity index (χ1n) is 7.89. The average Bonchev–Trinajstić information content (AvgIpc) is 2.50. The summed E-state index contributed by atoms with van der Waals surface area (Å²) in [5.41, 5.74) is 7.66. The van der Waals surface area contributed by atoms with Gasteiger partial charge in [-0.05, 0) is 49.7 Å². The van der Waals surface area contributed by atoms with Crippen LogP contribution in [-0.4, -0.2) is 31.5 Å². The monoisotopic (exact) mass is 309 g/mol. The number of benzene rings is 1. The maximum atomic E-state index is 6.49. The van der Waals surface area contributed by atoms with E-state index in [0.717, 1.165) is 62.5 Å². The van der Waals surface area contributed by atoms with Gasteiger partial charge >= 0.3 is 0 Å². The minimum Gasteiger partial charge on any atom is -0.381 e. The Kier molecular flexibility index (Phi) is 4.85. The standard InChI is InChI=1S/C17H24ClNO2/c18-15-4-2-1-3-13(15)11-16(19)14-5-8-21-17(12-14)6-9-20-10-7-17/h1-4,14,16H,5-12,19H2. The number of hydrogen-bond acceptors (Lipinski definition) is 3. The zero-order chi connectivity index (χ0) is 14.7. The van der Waals surface area contributed by atoms with Crippen molar-refractivity contribution in [1.82, 2.24) is 0 Å². The minimum absolute atomic E-state index is 0.0132. The van der Waals surface area contributed by atoms with Crippen molar-refractivity contribution in [3.8, 4) is 0 Å². The number of nitrogens with two attached hydrogens (primary N) is 1. The predicted octanol–water partition coefficient (Wildman–Crippen LogP) is 3.19. The van der Waals surface area contributed by atoms with Crippen molar-refractivity contribution in [3.63, 3.8) is 0 Å². The quantitative estimate of drug-likeness (QED) is 0.932. The van der Waals surface area contributed by atoms with Crippen molar-refractivity contribution >= 4 is 11.6 Å². The van der Waals surface area contributed by atoms with E-state index < -0.39 is 0 Å². The number of rotatable bonds is 3. The Morgan fingerprint density at radius 2 is 2.00 bits per heavy atom. The van der Waals surface area contributed by atoms with Crippen molar-refractivity contribution in [2.24, 2.45) is 11.7 Å². The first-order chi connectivity index (χ1) is 10.2. The van der Waals surface area contributed by atoms with E-state index in [1.807, 2.05) is 18.2 Å². The number of hydrogen-bond donors (Lipinski definition) is 1. The molecule has 2 aliphatic rings. The highest BCUT2D eigenvalue weighted by Gasteiger charge is 2.40. The largest absolute Gasteiger partial charge is 0.381 e. The molecule has 3 rings (SSSR count). The number of halogens is 1. The molecular formula is C17H24ClNO2. The fourth-order valence-electron chi connectivity index (χ4n) is 3.61. The van der Waals surface area contributed by atoms with Gasteiger partial charge in [-0.25, -0.2) is 0 Å². The average molecular weight is 310 g/mol. The lowest BCUT2D eigenvalue weighted by molar-refractivity contribution is -0.149. The molecular weight excluding hydrogens is 286 g/mol. The molecule has 3 nitrogen and oxygen atoms in total. The first kappa shape index (κ1) is 15.3. The maximum Gasteiger partial charge on any atom is 0.0729 e. The molecule has 2 heterocycles. The van der Waals surface area contributed by atoms with Crippen LogP contribution in [0, 0.1) is 5.92 Å². The molecule has 1 aromatic rings. The highest BCUT2D eigenvalue weighted by molar-refractivity contribution is 6.31. The Balaban J connectivity index is 1.64. The van der Waals surface area contributed by atoms with Crippen molar-refractivity contribution in [1.29, 1.82) is 0 Å². The molecule has 0 aliphatic carbocycles. The fraction of sp³-hybridized carbons (Fsp3) is 0.647. The van der Waals surface area contributed by atoms with Crippen LogP contribution >= 0.6 is 11.6 Å². The van der Waals surface area contributed by atoms with Gasteiger partial charge in [0.05, 0.1) is 5.60 Å². The second-order valence-corrected chi connectivity index (χ2v) is 6.76. The Bertz CT molecular complexity index is 468. The summed E-state index contributed by atoms with van der Waals surface area (Å²) in [7, 11) is 0. The molecule has 116 valence electrons. The zero-order valence-electron chi connectivity index (χ0n) is 12.4. The molecule has 0 radical (unpaired) electrons. The lowest BCUT2D eigenvalue weighted by Crippen LogP contribution is -2.48. The summed E-state index contributed by atoms with van der Waals surface area (Å²) in [6, 6.07) is 8.15. The molecule has 1 spiro atoms. The minimum atomic E-state index is 0.0132. The van der Waals surface area contributed by atoms with Gasteiger partial charge in [-0.3, -0.25) is 0 Å². The summed E-state index contributed by atoms with van der Waals surface area (Å²) >= 11 is 6.25. The molecule has 2 atom stereocenters. The Hall–Kier alpha value is -0.610. The summed E-state index contributed by atoms with van der Waals surface area (Å²) in [4.78, 5) is 0. The van der Waals surface area contributed by atoms with Gasteiger partial charge < -0.3 is 15.2 Å². The summed E-state index contributed by atoms with van der Waals surface area (Å²) in [6.45, 7) is 2.44. The van der Waals surface area contributed by atoms with E-state index >= 15 is 0 Å². The fourth-order valence-corrected chi connectivity index (χ4v) is 3.82. The summed E-state index contributed by atoms with van der Waals surface area (Å²) < 4.78 is 11.6. The highest BCUT2D eigenvalue weighted by atomic mass is 35.5. The van der Waals surface area contributed by atoms with Crippen LogP contribution in [-0.2, 0) is 15.9 Å². The van der Waals surface area contributed by atoms with Gasteiger partial charge in [0.15, 0.2) is 0 Å². The molecule has 0 amide bonds. The zero-order valence-corrected chi connectivity index (χ0v) is 13.1. The molecule has 4 heteroatoms. The van der Waals surface area contributed by atoms with E-state index in [4.69, 9.17) is 26.8 Å². The molecule has 1 aromatic carbocycles. The predicted molar refractivity (Wildman–Crippen MR) is 84.6 cm³/mol. The summed E-state index contributed by atoms with van der Waals surface area (Å²) in [6.07, 6.45) is 4.96. The summed E-state index contributed by atoms with van der Waals surface area (Å²) in [5.74, 6) is 0.508. The van der Waals surface area contributed by atoms with E-state index in [0.29, 0.717) is 5.92 Å². The molecule has 2 saturated heterocycles. The topological polar surface area (TPSA) is 44.5 Å². The first-order valence-corrected chi connectivity index (χ1v) is 8.27. The Morgan fingerprint density at radius 1 is 1.24 bits per heavy atom. The second kappa shape index (κ2) is 6.66. The normalized spacial score (nSPS) is 26.7. The van der Waals surface area contributed by atoms with Crippen LogP contribution in [0.2, 0.25) is 5.02 Å². The third-order valence-corrected chi connectivity index (χ3v) is 5.32. The molecule has 21 heavy (non-hydrogen) atoms. The van der Waals surface area contributed by atoms with Crippen LogP contribution < -0.4 is 5.73 Å². The third kappa shape index (κ3) is 3.59. The van der Waals surface area contributed by atoms with Crippen LogP contribution in [0.5, 0.6) is 0 Å². The van der Waals surface area contributed by atoms with E-state index in [9.17, 15) is 0 Å². The molecule has 2 aliphatic heterocycles.